The van der Waals surface area contributed by atoms with Crippen molar-refractivity contribution < 1.29 is 34.2 Å². The van der Waals surface area contributed by atoms with Gasteiger partial charge in [-0.15, -0.1) is 0 Å². The molecule has 194 valence electrons. The third kappa shape index (κ3) is 10.1. The number of carbonyl (C=O) groups excluding carboxylic acids is 4. The van der Waals surface area contributed by atoms with Gasteiger partial charge in [-0.25, -0.2) is 4.79 Å². The number of aliphatic hydroxyl groups is 1. The van der Waals surface area contributed by atoms with Gasteiger partial charge in [-0.1, -0.05) is 44.2 Å². The summed E-state index contributed by atoms with van der Waals surface area (Å²) in [5.41, 5.74) is 11.5. The van der Waals surface area contributed by atoms with Crippen molar-refractivity contribution in [2.45, 2.75) is 70.3 Å². The van der Waals surface area contributed by atoms with E-state index in [1.807, 2.05) is 0 Å². The molecule has 0 radical (unpaired) electrons. The van der Waals surface area contributed by atoms with E-state index in [1.165, 1.54) is 6.92 Å². The average molecular weight is 494 g/mol. The van der Waals surface area contributed by atoms with Crippen molar-refractivity contribution in [1.82, 2.24) is 16.0 Å². The van der Waals surface area contributed by atoms with Crippen LogP contribution < -0.4 is 27.4 Å². The summed E-state index contributed by atoms with van der Waals surface area (Å²) in [6.45, 7) is 4.53. The molecule has 9 N–H and O–H groups in total. The van der Waals surface area contributed by atoms with E-state index >= 15 is 0 Å². The zero-order valence-electron chi connectivity index (χ0n) is 20.1. The van der Waals surface area contributed by atoms with Gasteiger partial charge >= 0.3 is 5.97 Å². The van der Waals surface area contributed by atoms with Crippen LogP contribution in [0.25, 0.3) is 0 Å². The lowest BCUT2D eigenvalue weighted by Gasteiger charge is -2.27. The molecule has 12 nitrogen and oxygen atoms in total. The number of carboxylic acids is 1. The van der Waals surface area contributed by atoms with Gasteiger partial charge in [0.2, 0.25) is 23.6 Å². The van der Waals surface area contributed by atoms with Crippen LogP contribution in [0.2, 0.25) is 0 Å². The summed E-state index contributed by atoms with van der Waals surface area (Å²) in [5, 5.41) is 26.7. The van der Waals surface area contributed by atoms with Gasteiger partial charge in [-0.2, -0.15) is 0 Å². The van der Waals surface area contributed by atoms with Crippen LogP contribution >= 0.6 is 0 Å². The molecule has 0 saturated heterocycles. The molecule has 0 aliphatic rings. The fraction of sp³-hybridized carbons (Fsp3) is 0.522. The van der Waals surface area contributed by atoms with Gasteiger partial charge < -0.3 is 37.6 Å². The molecule has 0 heterocycles. The highest BCUT2D eigenvalue weighted by molar-refractivity contribution is 5.94. The van der Waals surface area contributed by atoms with E-state index in [9.17, 15) is 34.2 Å². The van der Waals surface area contributed by atoms with Crippen molar-refractivity contribution in [3.05, 3.63) is 35.9 Å². The third-order valence-electron chi connectivity index (χ3n) is 5.25. The maximum Gasteiger partial charge on any atom is 0.326 e. The molecule has 5 atom stereocenters. The van der Waals surface area contributed by atoms with Crippen LogP contribution in [0, 0.1) is 5.92 Å². The Morgan fingerprint density at radius 3 is 1.94 bits per heavy atom. The molecule has 0 aliphatic carbocycles. The number of benzene rings is 1. The molecule has 1 aromatic carbocycles. The summed E-state index contributed by atoms with van der Waals surface area (Å²) < 4.78 is 0. The van der Waals surface area contributed by atoms with Crippen LogP contribution in [0.4, 0.5) is 0 Å². The molecular weight excluding hydrogens is 458 g/mol. The quantitative estimate of drug-likeness (QED) is 0.160. The van der Waals surface area contributed by atoms with Crippen LogP contribution in [0.1, 0.15) is 39.2 Å². The number of nitrogens with one attached hydrogen (secondary N) is 3. The largest absolute Gasteiger partial charge is 0.480 e. The van der Waals surface area contributed by atoms with Gasteiger partial charge in [0.05, 0.1) is 12.1 Å². The second-order valence-corrected chi connectivity index (χ2v) is 8.66. The topological polar surface area (TPSA) is 214 Å². The minimum atomic E-state index is -1.46. The molecule has 12 heteroatoms. The highest BCUT2D eigenvalue weighted by atomic mass is 16.4. The Hall–Kier alpha value is -3.51. The Morgan fingerprint density at radius 2 is 1.46 bits per heavy atom. The molecule has 1 rings (SSSR count). The Balaban J connectivity index is 3.05. The van der Waals surface area contributed by atoms with Crippen molar-refractivity contribution in [3.8, 4) is 0 Å². The average Bonchev–Trinajstić information content (AvgIpc) is 2.78. The zero-order valence-corrected chi connectivity index (χ0v) is 20.1. The zero-order chi connectivity index (χ0) is 26.7. The Kier molecular flexibility index (Phi) is 11.8. The monoisotopic (exact) mass is 493 g/mol. The van der Waals surface area contributed by atoms with E-state index in [2.05, 4.69) is 16.0 Å². The normalized spacial score (nSPS) is 15.3. The molecule has 0 aromatic heterocycles. The van der Waals surface area contributed by atoms with Crippen molar-refractivity contribution >= 4 is 29.6 Å². The van der Waals surface area contributed by atoms with E-state index in [1.54, 1.807) is 44.2 Å². The third-order valence-corrected chi connectivity index (χ3v) is 5.25. The fourth-order valence-corrected chi connectivity index (χ4v) is 3.18. The summed E-state index contributed by atoms with van der Waals surface area (Å²) >= 11 is 0. The first-order chi connectivity index (χ1) is 16.3. The van der Waals surface area contributed by atoms with Crippen LogP contribution in [-0.4, -0.2) is 70.1 Å². The lowest BCUT2D eigenvalue weighted by atomic mass is 10.0. The molecule has 0 bridgehead atoms. The first-order valence-corrected chi connectivity index (χ1v) is 11.2. The predicted molar refractivity (Wildman–Crippen MR) is 126 cm³/mol. The standard InChI is InChI=1S/C23H35N5O7/c1-12(2)18(23(34)35)27-21(32)16(11-14-7-5-4-6-8-14)26-22(33)19(13(3)29)28-20(31)15(24)9-10-17(25)30/h4-8,12-13,15-16,18-19,29H,9-11,24H2,1-3H3,(H2,25,30)(H,26,33)(H,27,32)(H,28,31)(H,34,35). The first-order valence-electron chi connectivity index (χ1n) is 11.2. The van der Waals surface area contributed by atoms with Gasteiger partial charge in [0.1, 0.15) is 18.1 Å². The van der Waals surface area contributed by atoms with Crippen molar-refractivity contribution in [2.75, 3.05) is 0 Å². The first kappa shape index (κ1) is 29.5. The van der Waals surface area contributed by atoms with Crippen molar-refractivity contribution in [3.63, 3.8) is 0 Å². The number of aliphatic carboxylic acids is 1. The van der Waals surface area contributed by atoms with E-state index in [-0.39, 0.29) is 19.3 Å². The highest BCUT2D eigenvalue weighted by Gasteiger charge is 2.33. The lowest BCUT2D eigenvalue weighted by Crippen LogP contribution is -2.60. The Labute approximate surface area is 203 Å². The fourth-order valence-electron chi connectivity index (χ4n) is 3.18. The molecule has 5 unspecified atom stereocenters. The molecule has 35 heavy (non-hydrogen) atoms. The summed E-state index contributed by atoms with van der Waals surface area (Å²) in [7, 11) is 0. The molecule has 4 amide bonds. The number of rotatable bonds is 14. The van der Waals surface area contributed by atoms with Gasteiger partial charge in [0.15, 0.2) is 0 Å². The van der Waals surface area contributed by atoms with E-state index < -0.39 is 65.8 Å². The molecule has 0 aliphatic heterocycles. The van der Waals surface area contributed by atoms with Gasteiger partial charge in [0.25, 0.3) is 0 Å². The van der Waals surface area contributed by atoms with Gasteiger partial charge in [-0.3, -0.25) is 19.2 Å². The van der Waals surface area contributed by atoms with Gasteiger partial charge in [0, 0.05) is 12.8 Å². The number of hydrogen-bond acceptors (Lipinski definition) is 7. The number of hydrogen-bond donors (Lipinski definition) is 7. The predicted octanol–water partition coefficient (Wildman–Crippen LogP) is -1.60. The minimum absolute atomic E-state index is 0.0292. The highest BCUT2D eigenvalue weighted by Crippen LogP contribution is 2.08. The van der Waals surface area contributed by atoms with E-state index in [4.69, 9.17) is 11.5 Å². The SMILES string of the molecule is CC(C)C(NC(=O)C(Cc1ccccc1)NC(=O)C(NC(=O)C(N)CCC(N)=O)C(C)O)C(=O)O. The molecule has 0 spiro atoms. The number of amides is 4. The van der Waals surface area contributed by atoms with Crippen LogP contribution in [-0.2, 0) is 30.4 Å². The number of primary amides is 1. The van der Waals surface area contributed by atoms with E-state index in [0.29, 0.717) is 5.56 Å². The number of aliphatic hydroxyl groups excluding tert-OH is 1. The molecule has 0 fully saturated rings. The van der Waals surface area contributed by atoms with Crippen molar-refractivity contribution in [2.24, 2.45) is 17.4 Å². The van der Waals surface area contributed by atoms with E-state index in [0.717, 1.165) is 0 Å². The molecule has 1 aromatic rings. The lowest BCUT2D eigenvalue weighted by molar-refractivity contribution is -0.143. The van der Waals surface area contributed by atoms with Gasteiger partial charge in [-0.05, 0) is 24.8 Å². The summed E-state index contributed by atoms with van der Waals surface area (Å²) in [4.78, 5) is 60.8. The number of carboxylic acid groups (broad SMARTS) is 1. The second kappa shape index (κ2) is 14.0. The summed E-state index contributed by atoms with van der Waals surface area (Å²) in [5.74, 6) is -4.69. The smallest absolute Gasteiger partial charge is 0.326 e. The molecule has 0 saturated carbocycles. The Morgan fingerprint density at radius 1 is 0.886 bits per heavy atom. The summed E-state index contributed by atoms with van der Waals surface area (Å²) in [6.07, 6.45) is -1.52. The molecular formula is C23H35N5O7. The van der Waals surface area contributed by atoms with Crippen LogP contribution in [0.5, 0.6) is 0 Å². The minimum Gasteiger partial charge on any atom is -0.480 e. The maximum atomic E-state index is 13.0. The number of nitrogens with two attached hydrogens (primary N) is 2. The summed E-state index contributed by atoms with van der Waals surface area (Å²) in [6, 6.07) is 3.72. The van der Waals surface area contributed by atoms with Crippen LogP contribution in [0.3, 0.4) is 0 Å². The van der Waals surface area contributed by atoms with Crippen LogP contribution in [0.15, 0.2) is 30.3 Å². The maximum absolute atomic E-state index is 13.0. The number of carbonyl (C=O) groups is 5. The van der Waals surface area contributed by atoms with Crippen molar-refractivity contribution in [1.29, 1.82) is 0 Å². The second-order valence-electron chi connectivity index (χ2n) is 8.66. The Bertz CT molecular complexity index is 892.